The zero-order chi connectivity index (χ0) is 18.6. The van der Waals surface area contributed by atoms with Crippen molar-refractivity contribution in [3.8, 4) is 11.5 Å². The number of benzene rings is 2. The second kappa shape index (κ2) is 7.60. The largest absolute Gasteiger partial charge is 0.496 e. The lowest BCUT2D eigenvalue weighted by molar-refractivity contribution is -0.145. The Bertz CT molecular complexity index is 744. The molecule has 1 N–H and O–H groups in total. The van der Waals surface area contributed by atoms with Crippen molar-refractivity contribution in [2.75, 3.05) is 7.11 Å². The van der Waals surface area contributed by atoms with Gasteiger partial charge in [0.2, 0.25) is 0 Å². The van der Waals surface area contributed by atoms with Crippen molar-refractivity contribution >= 4 is 5.97 Å². The van der Waals surface area contributed by atoms with Gasteiger partial charge in [0.1, 0.15) is 11.5 Å². The minimum absolute atomic E-state index is 0.138. The van der Waals surface area contributed by atoms with Gasteiger partial charge in [-0.3, -0.25) is 0 Å². The number of hydrogen-bond acceptors (Lipinski definition) is 3. The Morgan fingerprint density at radius 1 is 1.12 bits per heavy atom. The van der Waals surface area contributed by atoms with Crippen LogP contribution in [0.4, 0.5) is 0 Å². The van der Waals surface area contributed by atoms with Gasteiger partial charge in [-0.05, 0) is 35.6 Å². The molecule has 2 rings (SSSR count). The summed E-state index contributed by atoms with van der Waals surface area (Å²) in [5.74, 6) is 0.283. The van der Waals surface area contributed by atoms with Gasteiger partial charge in [0.05, 0.1) is 7.11 Å². The Morgan fingerprint density at radius 2 is 1.80 bits per heavy atom. The molecule has 0 aromatic heterocycles. The minimum atomic E-state index is -0.993. The number of rotatable bonds is 6. The van der Waals surface area contributed by atoms with Crippen LogP contribution in [0.25, 0.3) is 0 Å². The average Bonchev–Trinajstić information content (AvgIpc) is 2.54. The van der Waals surface area contributed by atoms with Crippen LogP contribution >= 0.6 is 0 Å². The summed E-state index contributed by atoms with van der Waals surface area (Å²) in [6.45, 7) is 8.20. The number of carboxylic acid groups (broad SMARTS) is 1. The topological polar surface area (TPSA) is 55.8 Å². The van der Waals surface area contributed by atoms with Crippen LogP contribution in [-0.4, -0.2) is 24.3 Å². The molecule has 4 nitrogen and oxygen atoms in total. The van der Waals surface area contributed by atoms with Crippen molar-refractivity contribution in [2.45, 2.75) is 45.6 Å². The van der Waals surface area contributed by atoms with Crippen LogP contribution in [-0.2, 0) is 16.6 Å². The molecule has 2 aromatic rings. The molecule has 0 spiro atoms. The summed E-state index contributed by atoms with van der Waals surface area (Å²) in [6.07, 6.45) is -0.752. The summed E-state index contributed by atoms with van der Waals surface area (Å²) in [5.41, 5.74) is 2.72. The molecule has 0 amide bonds. The van der Waals surface area contributed by atoms with E-state index < -0.39 is 12.1 Å². The Morgan fingerprint density at radius 3 is 2.40 bits per heavy atom. The highest BCUT2D eigenvalue weighted by Crippen LogP contribution is 2.32. The van der Waals surface area contributed by atoms with Crippen LogP contribution in [0.2, 0.25) is 0 Å². The number of carbonyl (C=O) groups is 1. The lowest BCUT2D eigenvalue weighted by atomic mass is 9.86. The summed E-state index contributed by atoms with van der Waals surface area (Å²) in [4.78, 5) is 11.8. The number of hydrogen-bond donors (Lipinski definition) is 1. The summed E-state index contributed by atoms with van der Waals surface area (Å²) < 4.78 is 11.3. The lowest BCUT2D eigenvalue weighted by Gasteiger charge is -2.25. The van der Waals surface area contributed by atoms with E-state index in [2.05, 4.69) is 20.8 Å². The third kappa shape index (κ3) is 4.75. The van der Waals surface area contributed by atoms with E-state index in [1.54, 1.807) is 7.11 Å². The molecule has 0 saturated heterocycles. The van der Waals surface area contributed by atoms with Crippen molar-refractivity contribution in [2.24, 2.45) is 0 Å². The van der Waals surface area contributed by atoms with Crippen LogP contribution in [0, 0.1) is 6.92 Å². The zero-order valence-corrected chi connectivity index (χ0v) is 15.5. The molecule has 0 radical (unpaired) electrons. The quantitative estimate of drug-likeness (QED) is 0.846. The maximum absolute atomic E-state index is 11.8. The van der Waals surface area contributed by atoms with Gasteiger partial charge >= 0.3 is 5.97 Å². The molecule has 0 aliphatic rings. The summed E-state index contributed by atoms with van der Waals surface area (Å²) >= 11 is 0. The standard InChI is InChI=1S/C21H26O4/c1-14-10-11-17(24-5)15(12-14)13-19(20(22)23)25-18-9-7-6-8-16(18)21(2,3)4/h6-12,19H,13H2,1-5H3,(H,22,23)/t19-/m1/s1. The molecule has 0 unspecified atom stereocenters. The second-order valence-electron chi connectivity index (χ2n) is 7.21. The van der Waals surface area contributed by atoms with Crippen LogP contribution < -0.4 is 9.47 Å². The molecular weight excluding hydrogens is 316 g/mol. The first kappa shape index (κ1) is 18.8. The number of carboxylic acids is 1. The van der Waals surface area contributed by atoms with Gasteiger partial charge in [-0.25, -0.2) is 4.79 Å². The highest BCUT2D eigenvalue weighted by molar-refractivity contribution is 5.73. The molecule has 0 bridgehead atoms. The molecule has 0 aliphatic heterocycles. The van der Waals surface area contributed by atoms with E-state index in [0.717, 1.165) is 16.7 Å². The van der Waals surface area contributed by atoms with Crippen LogP contribution in [0.15, 0.2) is 42.5 Å². The van der Waals surface area contributed by atoms with Crippen LogP contribution in [0.3, 0.4) is 0 Å². The third-order valence-corrected chi connectivity index (χ3v) is 4.08. The first-order valence-electron chi connectivity index (χ1n) is 8.35. The van der Waals surface area contributed by atoms with Crippen molar-refractivity contribution in [3.63, 3.8) is 0 Å². The third-order valence-electron chi connectivity index (χ3n) is 4.08. The van der Waals surface area contributed by atoms with Crippen molar-refractivity contribution < 1.29 is 19.4 Å². The van der Waals surface area contributed by atoms with E-state index in [4.69, 9.17) is 9.47 Å². The molecule has 25 heavy (non-hydrogen) atoms. The number of aryl methyl sites for hydroxylation is 1. The van der Waals surface area contributed by atoms with E-state index in [-0.39, 0.29) is 11.8 Å². The van der Waals surface area contributed by atoms with E-state index in [1.165, 1.54) is 0 Å². The van der Waals surface area contributed by atoms with Gasteiger partial charge in [0.15, 0.2) is 6.10 Å². The molecule has 4 heteroatoms. The fourth-order valence-electron chi connectivity index (χ4n) is 2.79. The Hall–Kier alpha value is -2.49. The lowest BCUT2D eigenvalue weighted by Crippen LogP contribution is -2.30. The normalized spacial score (nSPS) is 12.5. The van der Waals surface area contributed by atoms with Gasteiger partial charge in [-0.2, -0.15) is 0 Å². The van der Waals surface area contributed by atoms with Gasteiger partial charge in [0.25, 0.3) is 0 Å². The Balaban J connectivity index is 2.33. The number of ether oxygens (including phenoxy) is 2. The first-order chi connectivity index (χ1) is 11.7. The van der Waals surface area contributed by atoms with Gasteiger partial charge < -0.3 is 14.6 Å². The van der Waals surface area contributed by atoms with Gasteiger partial charge in [-0.15, -0.1) is 0 Å². The molecule has 0 fully saturated rings. The summed E-state index contributed by atoms with van der Waals surface area (Å²) in [7, 11) is 1.58. The molecule has 0 aliphatic carbocycles. The van der Waals surface area contributed by atoms with E-state index in [1.807, 2.05) is 49.4 Å². The highest BCUT2D eigenvalue weighted by Gasteiger charge is 2.25. The second-order valence-corrected chi connectivity index (χ2v) is 7.21. The molecular formula is C21H26O4. The van der Waals surface area contributed by atoms with Gasteiger partial charge in [-0.1, -0.05) is 56.7 Å². The average molecular weight is 342 g/mol. The van der Waals surface area contributed by atoms with Crippen molar-refractivity contribution in [1.82, 2.24) is 0 Å². The van der Waals surface area contributed by atoms with Crippen LogP contribution in [0.1, 0.15) is 37.5 Å². The smallest absolute Gasteiger partial charge is 0.345 e. The predicted molar refractivity (Wildman–Crippen MR) is 98.6 cm³/mol. The highest BCUT2D eigenvalue weighted by atomic mass is 16.5. The first-order valence-corrected chi connectivity index (χ1v) is 8.35. The number of para-hydroxylation sites is 1. The number of aliphatic carboxylic acids is 1. The fraction of sp³-hybridized carbons (Fsp3) is 0.381. The predicted octanol–water partition coefficient (Wildman–Crippen LogP) is 4.38. The zero-order valence-electron chi connectivity index (χ0n) is 15.5. The van der Waals surface area contributed by atoms with E-state index in [9.17, 15) is 9.90 Å². The summed E-state index contributed by atoms with van der Waals surface area (Å²) in [5, 5.41) is 9.66. The maximum Gasteiger partial charge on any atom is 0.345 e. The molecule has 2 aromatic carbocycles. The Labute approximate surface area is 149 Å². The van der Waals surface area contributed by atoms with E-state index >= 15 is 0 Å². The molecule has 1 atom stereocenters. The monoisotopic (exact) mass is 342 g/mol. The van der Waals surface area contributed by atoms with Crippen molar-refractivity contribution in [3.05, 3.63) is 59.2 Å². The molecule has 0 saturated carbocycles. The summed E-state index contributed by atoms with van der Waals surface area (Å²) in [6, 6.07) is 13.3. The minimum Gasteiger partial charge on any atom is -0.496 e. The maximum atomic E-state index is 11.8. The Kier molecular flexibility index (Phi) is 5.73. The van der Waals surface area contributed by atoms with Crippen LogP contribution in [0.5, 0.6) is 11.5 Å². The SMILES string of the molecule is COc1ccc(C)cc1C[C@@H](Oc1ccccc1C(C)(C)C)C(=O)O. The van der Waals surface area contributed by atoms with Gasteiger partial charge in [0, 0.05) is 6.42 Å². The van der Waals surface area contributed by atoms with Crippen molar-refractivity contribution in [1.29, 1.82) is 0 Å². The van der Waals surface area contributed by atoms with E-state index in [0.29, 0.717) is 11.5 Å². The fourth-order valence-corrected chi connectivity index (χ4v) is 2.79. The molecule has 0 heterocycles. The number of methoxy groups -OCH3 is 1. The molecule has 134 valence electrons.